The highest BCUT2D eigenvalue weighted by Crippen LogP contribution is 2.13. The Kier molecular flexibility index (Phi) is 16.9. The molecule has 0 radical (unpaired) electrons. The first-order valence-electron chi connectivity index (χ1n) is 9.37. The third-order valence-corrected chi connectivity index (χ3v) is 4.24. The number of hydrazine groups is 1. The first-order valence-corrected chi connectivity index (χ1v) is 9.37. The van der Waals surface area contributed by atoms with Crippen LogP contribution in [0.15, 0.2) is 5.10 Å². The number of nitrogens with two attached hydrogens (primary N) is 3. The fraction of sp³-hybridized carbons (Fsp3) is 0.941. The van der Waals surface area contributed by atoms with Crippen LogP contribution in [0.5, 0.6) is 0 Å². The number of nitrogens with one attached hydrogen (secondary N) is 1. The predicted molar refractivity (Wildman–Crippen MR) is 98.4 cm³/mol. The van der Waals surface area contributed by atoms with Gasteiger partial charge in [0.1, 0.15) is 12.1 Å². The lowest BCUT2D eigenvalue weighted by atomic mass is 10.0. The van der Waals surface area contributed by atoms with E-state index < -0.39 is 6.23 Å². The number of amidine groups is 1. The molecule has 1 unspecified atom stereocenters. The summed E-state index contributed by atoms with van der Waals surface area (Å²) in [6, 6.07) is 0. The van der Waals surface area contributed by atoms with Crippen LogP contribution in [-0.4, -0.2) is 17.2 Å². The molecule has 0 spiro atoms. The molecule has 138 valence electrons. The minimum Gasteiger partial charge on any atom is -0.379 e. The molecule has 1 atom stereocenters. The molecule has 0 saturated carbocycles. The van der Waals surface area contributed by atoms with Crippen LogP contribution in [0, 0.1) is 0 Å². The summed E-state index contributed by atoms with van der Waals surface area (Å²) in [6.07, 6.45) is 17.5. The topological polar surface area (TPSA) is 123 Å². The highest BCUT2D eigenvalue weighted by Gasteiger charge is 1.98. The maximum atomic E-state index is 8.95. The summed E-state index contributed by atoms with van der Waals surface area (Å²) in [5.74, 6) is 11.1. The summed E-state index contributed by atoms with van der Waals surface area (Å²) >= 11 is 0. The monoisotopic (exact) mass is 329 g/mol. The number of hydrazone groups is 1. The van der Waals surface area contributed by atoms with Crippen molar-refractivity contribution in [3.05, 3.63) is 0 Å². The average molecular weight is 330 g/mol. The van der Waals surface area contributed by atoms with Gasteiger partial charge in [-0.25, -0.2) is 5.84 Å². The molecule has 0 aromatic rings. The fourth-order valence-corrected chi connectivity index (χ4v) is 2.76. The SMILES string of the molecule is N/N=C(/CCCCCCCCCCCCCCCC(N)O)NN. The summed E-state index contributed by atoms with van der Waals surface area (Å²) in [5, 5.41) is 12.5. The first-order chi connectivity index (χ1) is 11.2. The van der Waals surface area contributed by atoms with Gasteiger partial charge in [-0.15, -0.1) is 0 Å². The van der Waals surface area contributed by atoms with E-state index >= 15 is 0 Å². The van der Waals surface area contributed by atoms with Gasteiger partial charge >= 0.3 is 0 Å². The van der Waals surface area contributed by atoms with E-state index in [4.69, 9.17) is 22.5 Å². The van der Waals surface area contributed by atoms with Crippen molar-refractivity contribution in [3.63, 3.8) is 0 Å². The lowest BCUT2D eigenvalue weighted by molar-refractivity contribution is 0.168. The van der Waals surface area contributed by atoms with Crippen molar-refractivity contribution in [1.29, 1.82) is 0 Å². The van der Waals surface area contributed by atoms with Crippen LogP contribution in [0.1, 0.15) is 96.3 Å². The van der Waals surface area contributed by atoms with Crippen molar-refractivity contribution < 1.29 is 5.11 Å². The Balaban J connectivity index is 3.08. The van der Waals surface area contributed by atoms with Gasteiger partial charge in [-0.1, -0.05) is 70.6 Å². The van der Waals surface area contributed by atoms with E-state index in [0.29, 0.717) is 5.84 Å². The predicted octanol–water partition coefficient (Wildman–Crippen LogP) is 2.85. The van der Waals surface area contributed by atoms with Crippen molar-refractivity contribution in [2.75, 3.05) is 0 Å². The van der Waals surface area contributed by atoms with Crippen LogP contribution in [0.3, 0.4) is 0 Å². The Bertz CT molecular complexity index is 272. The van der Waals surface area contributed by atoms with Crippen molar-refractivity contribution in [2.24, 2.45) is 22.5 Å². The molecule has 0 fully saturated rings. The number of aliphatic hydroxyl groups is 1. The second kappa shape index (κ2) is 17.5. The molecule has 0 heterocycles. The number of hydrogen-bond acceptors (Lipinski definition) is 5. The molecule has 0 aliphatic rings. The zero-order valence-electron chi connectivity index (χ0n) is 14.8. The largest absolute Gasteiger partial charge is 0.379 e. The zero-order chi connectivity index (χ0) is 17.2. The van der Waals surface area contributed by atoms with Gasteiger partial charge in [0.15, 0.2) is 0 Å². The number of unbranched alkanes of at least 4 members (excludes halogenated alkanes) is 12. The summed E-state index contributed by atoms with van der Waals surface area (Å²) in [4.78, 5) is 0. The van der Waals surface area contributed by atoms with Crippen molar-refractivity contribution in [3.8, 4) is 0 Å². The maximum absolute atomic E-state index is 8.95. The third-order valence-electron chi connectivity index (χ3n) is 4.24. The second-order valence-corrected chi connectivity index (χ2v) is 6.42. The molecule has 0 aromatic heterocycles. The Morgan fingerprint density at radius 2 is 1.17 bits per heavy atom. The van der Waals surface area contributed by atoms with Crippen LogP contribution >= 0.6 is 0 Å². The highest BCUT2D eigenvalue weighted by molar-refractivity contribution is 5.81. The number of rotatable bonds is 16. The molecule has 0 bridgehead atoms. The van der Waals surface area contributed by atoms with E-state index in [1.54, 1.807) is 0 Å². The fourth-order valence-electron chi connectivity index (χ4n) is 2.76. The molecule has 0 amide bonds. The van der Waals surface area contributed by atoms with E-state index in [9.17, 15) is 0 Å². The van der Waals surface area contributed by atoms with Gasteiger partial charge in [-0.2, -0.15) is 5.10 Å². The van der Waals surface area contributed by atoms with Crippen LogP contribution in [0.25, 0.3) is 0 Å². The Labute approximate surface area is 142 Å². The molecule has 0 rings (SSSR count). The minimum absolute atomic E-state index is 0.622. The number of nitrogens with zero attached hydrogens (tertiary/aromatic N) is 1. The number of hydrogen-bond donors (Lipinski definition) is 5. The van der Waals surface area contributed by atoms with Gasteiger partial charge in [-0.05, 0) is 19.3 Å². The van der Waals surface area contributed by atoms with Gasteiger partial charge in [0.05, 0.1) is 0 Å². The Hall–Kier alpha value is -0.850. The summed E-state index contributed by atoms with van der Waals surface area (Å²) < 4.78 is 0. The van der Waals surface area contributed by atoms with E-state index in [1.165, 1.54) is 70.6 Å². The summed E-state index contributed by atoms with van der Waals surface area (Å²) in [6.45, 7) is 0. The molecule has 23 heavy (non-hydrogen) atoms. The van der Waals surface area contributed by atoms with E-state index in [0.717, 1.165) is 25.7 Å². The maximum Gasteiger partial charge on any atom is 0.135 e. The highest BCUT2D eigenvalue weighted by atomic mass is 16.3. The van der Waals surface area contributed by atoms with Crippen LogP contribution in [0.2, 0.25) is 0 Å². The lowest BCUT2D eigenvalue weighted by Gasteiger charge is -2.05. The molecule has 8 N–H and O–H groups in total. The van der Waals surface area contributed by atoms with Crippen LogP contribution in [0.4, 0.5) is 0 Å². The molecule has 0 aliphatic heterocycles. The van der Waals surface area contributed by atoms with E-state index in [-0.39, 0.29) is 0 Å². The molecular weight excluding hydrogens is 290 g/mol. The first kappa shape index (κ1) is 22.1. The van der Waals surface area contributed by atoms with E-state index in [1.807, 2.05) is 0 Å². The molecule has 0 aromatic carbocycles. The summed E-state index contributed by atoms with van der Waals surface area (Å²) in [5.41, 5.74) is 7.81. The van der Waals surface area contributed by atoms with Gasteiger partial charge in [-0.3, -0.25) is 0 Å². The van der Waals surface area contributed by atoms with E-state index in [2.05, 4.69) is 10.5 Å². The van der Waals surface area contributed by atoms with Crippen LogP contribution in [-0.2, 0) is 0 Å². The van der Waals surface area contributed by atoms with Crippen molar-refractivity contribution in [1.82, 2.24) is 5.43 Å². The Morgan fingerprint density at radius 1 is 0.783 bits per heavy atom. The Morgan fingerprint density at radius 3 is 1.52 bits per heavy atom. The molecule has 0 saturated heterocycles. The normalized spacial score (nSPS) is 13.3. The number of aliphatic hydroxyl groups excluding tert-OH is 1. The molecular formula is C17H39N5O. The smallest absolute Gasteiger partial charge is 0.135 e. The minimum atomic E-state index is -0.622. The lowest BCUT2D eigenvalue weighted by Crippen LogP contribution is -2.31. The zero-order valence-corrected chi connectivity index (χ0v) is 14.8. The van der Waals surface area contributed by atoms with Gasteiger partial charge in [0.2, 0.25) is 0 Å². The third kappa shape index (κ3) is 17.3. The molecule has 6 nitrogen and oxygen atoms in total. The average Bonchev–Trinajstić information content (AvgIpc) is 2.54. The quantitative estimate of drug-likeness (QED) is 0.0744. The van der Waals surface area contributed by atoms with Crippen molar-refractivity contribution >= 4 is 5.84 Å². The molecule has 6 heteroatoms. The van der Waals surface area contributed by atoms with Gasteiger partial charge in [0, 0.05) is 6.42 Å². The van der Waals surface area contributed by atoms with Crippen LogP contribution < -0.4 is 22.8 Å². The second-order valence-electron chi connectivity index (χ2n) is 6.42. The van der Waals surface area contributed by atoms with Gasteiger partial charge in [0.25, 0.3) is 0 Å². The standard InChI is InChI=1S/C17H39N5O/c18-16(23)14-12-10-8-6-4-2-1-3-5-7-9-11-13-15-17(21-19)22-20/h16,23H,1-15,18-20H2,(H,21,22). The molecule has 0 aliphatic carbocycles. The summed E-state index contributed by atoms with van der Waals surface area (Å²) in [7, 11) is 0. The van der Waals surface area contributed by atoms with Crippen molar-refractivity contribution in [2.45, 2.75) is 103 Å². The van der Waals surface area contributed by atoms with Gasteiger partial charge < -0.3 is 22.1 Å².